The van der Waals surface area contributed by atoms with Crippen LogP contribution < -0.4 is 0 Å². The van der Waals surface area contributed by atoms with Crippen molar-refractivity contribution in [1.29, 1.82) is 0 Å². The monoisotopic (exact) mass is 225 g/mol. The molecule has 2 aromatic heterocycles. The first-order valence-corrected chi connectivity index (χ1v) is 4.44. The van der Waals surface area contributed by atoms with Gasteiger partial charge in [0.1, 0.15) is 0 Å². The highest BCUT2D eigenvalue weighted by atomic mass is 79.9. The van der Waals surface area contributed by atoms with E-state index in [2.05, 4.69) is 25.9 Å². The Morgan fingerprint density at radius 3 is 2.75 bits per heavy atom. The van der Waals surface area contributed by atoms with Crippen LogP contribution in [0.4, 0.5) is 0 Å². The molecular formula is C8H8BrN3. The highest BCUT2D eigenvalue weighted by Crippen LogP contribution is 2.14. The van der Waals surface area contributed by atoms with Crippen molar-refractivity contribution in [2.24, 2.45) is 0 Å². The first-order chi connectivity index (χ1) is 5.66. The minimum Gasteiger partial charge on any atom is -0.290 e. The predicted octanol–water partition coefficient (Wildman–Crippen LogP) is 2.11. The van der Waals surface area contributed by atoms with Crippen LogP contribution in [0.1, 0.15) is 11.4 Å². The van der Waals surface area contributed by atoms with Crippen molar-refractivity contribution >= 4 is 21.7 Å². The molecule has 0 saturated carbocycles. The standard InChI is InChI=1S/C8H8BrN3/c1-5-3-12-4-7(9)6(2)11-8(12)10-5/h3-4H,1-2H3. The molecule has 62 valence electrons. The zero-order valence-corrected chi connectivity index (χ0v) is 8.46. The fourth-order valence-corrected chi connectivity index (χ4v) is 1.41. The van der Waals surface area contributed by atoms with Crippen molar-refractivity contribution in [2.75, 3.05) is 0 Å². The van der Waals surface area contributed by atoms with Crippen molar-refractivity contribution in [2.45, 2.75) is 13.8 Å². The molecule has 0 atom stereocenters. The van der Waals surface area contributed by atoms with Gasteiger partial charge in [-0.15, -0.1) is 0 Å². The van der Waals surface area contributed by atoms with Crippen LogP contribution in [0, 0.1) is 13.8 Å². The third-order valence-electron chi connectivity index (χ3n) is 1.70. The Balaban J connectivity index is 2.83. The number of halogens is 1. The molecule has 3 nitrogen and oxygen atoms in total. The number of aromatic nitrogens is 3. The van der Waals surface area contributed by atoms with E-state index < -0.39 is 0 Å². The SMILES string of the molecule is Cc1cn2cc(Br)c(C)nc2n1. The van der Waals surface area contributed by atoms with Gasteiger partial charge in [0.25, 0.3) is 0 Å². The van der Waals surface area contributed by atoms with Crippen LogP contribution in [-0.2, 0) is 0 Å². The molecule has 4 heteroatoms. The third kappa shape index (κ3) is 1.12. The molecule has 0 aliphatic carbocycles. The summed E-state index contributed by atoms with van der Waals surface area (Å²) in [6, 6.07) is 0. The van der Waals surface area contributed by atoms with Gasteiger partial charge in [-0.25, -0.2) is 9.97 Å². The van der Waals surface area contributed by atoms with Gasteiger partial charge in [0.05, 0.1) is 15.9 Å². The Kier molecular flexibility index (Phi) is 1.65. The second kappa shape index (κ2) is 2.55. The number of nitrogens with zero attached hydrogens (tertiary/aromatic N) is 3. The molecule has 0 aliphatic heterocycles. The van der Waals surface area contributed by atoms with E-state index in [9.17, 15) is 0 Å². The Hall–Kier alpha value is -0.900. The summed E-state index contributed by atoms with van der Waals surface area (Å²) in [4.78, 5) is 8.55. The van der Waals surface area contributed by atoms with E-state index >= 15 is 0 Å². The van der Waals surface area contributed by atoms with Gasteiger partial charge in [0, 0.05) is 12.4 Å². The summed E-state index contributed by atoms with van der Waals surface area (Å²) in [6.45, 7) is 3.91. The number of hydrogen-bond donors (Lipinski definition) is 0. The van der Waals surface area contributed by atoms with Gasteiger partial charge in [-0.05, 0) is 29.8 Å². The molecule has 12 heavy (non-hydrogen) atoms. The van der Waals surface area contributed by atoms with Crippen LogP contribution in [-0.4, -0.2) is 14.4 Å². The maximum Gasteiger partial charge on any atom is 0.234 e. The van der Waals surface area contributed by atoms with Crippen LogP contribution >= 0.6 is 15.9 Å². The number of imidazole rings is 1. The predicted molar refractivity (Wildman–Crippen MR) is 50.2 cm³/mol. The van der Waals surface area contributed by atoms with Gasteiger partial charge in [-0.2, -0.15) is 0 Å². The van der Waals surface area contributed by atoms with Crippen LogP contribution in [0.2, 0.25) is 0 Å². The van der Waals surface area contributed by atoms with E-state index in [1.165, 1.54) is 0 Å². The van der Waals surface area contributed by atoms with E-state index in [1.807, 2.05) is 30.6 Å². The smallest absolute Gasteiger partial charge is 0.234 e. The van der Waals surface area contributed by atoms with E-state index in [1.54, 1.807) is 0 Å². The largest absolute Gasteiger partial charge is 0.290 e. The third-order valence-corrected chi connectivity index (χ3v) is 2.48. The van der Waals surface area contributed by atoms with Crippen LogP contribution in [0.15, 0.2) is 16.9 Å². The number of hydrogen-bond acceptors (Lipinski definition) is 2. The number of rotatable bonds is 0. The normalized spacial score (nSPS) is 10.9. The minimum atomic E-state index is 0.758. The summed E-state index contributed by atoms with van der Waals surface area (Å²) in [6.07, 6.45) is 3.92. The molecular weight excluding hydrogens is 218 g/mol. The average molecular weight is 226 g/mol. The van der Waals surface area contributed by atoms with Crippen molar-refractivity contribution in [3.63, 3.8) is 0 Å². The zero-order chi connectivity index (χ0) is 8.72. The van der Waals surface area contributed by atoms with E-state index in [0.29, 0.717) is 0 Å². The average Bonchev–Trinajstić information content (AvgIpc) is 2.30. The molecule has 0 unspecified atom stereocenters. The van der Waals surface area contributed by atoms with Gasteiger partial charge in [-0.3, -0.25) is 4.40 Å². The van der Waals surface area contributed by atoms with Gasteiger partial charge >= 0.3 is 0 Å². The van der Waals surface area contributed by atoms with E-state index in [4.69, 9.17) is 0 Å². The number of aryl methyl sites for hydroxylation is 2. The summed E-state index contributed by atoms with van der Waals surface area (Å²) >= 11 is 3.41. The molecule has 2 heterocycles. The molecule has 0 aromatic carbocycles. The second-order valence-corrected chi connectivity index (χ2v) is 3.62. The molecule has 2 rings (SSSR count). The molecule has 0 radical (unpaired) electrons. The molecule has 0 aliphatic rings. The summed E-state index contributed by atoms with van der Waals surface area (Å²) in [5, 5.41) is 0. The highest BCUT2D eigenvalue weighted by Gasteiger charge is 2.01. The first kappa shape index (κ1) is 7.73. The maximum atomic E-state index is 4.30. The lowest BCUT2D eigenvalue weighted by molar-refractivity contribution is 1.05. The molecule has 0 fully saturated rings. The maximum absolute atomic E-state index is 4.30. The Labute approximate surface area is 78.6 Å². The van der Waals surface area contributed by atoms with Crippen LogP contribution in [0.5, 0.6) is 0 Å². The van der Waals surface area contributed by atoms with Crippen LogP contribution in [0.25, 0.3) is 5.78 Å². The topological polar surface area (TPSA) is 30.2 Å². The zero-order valence-electron chi connectivity index (χ0n) is 6.87. The van der Waals surface area contributed by atoms with Crippen molar-refractivity contribution < 1.29 is 0 Å². The van der Waals surface area contributed by atoms with Gasteiger partial charge < -0.3 is 0 Å². The minimum absolute atomic E-state index is 0.758. The quantitative estimate of drug-likeness (QED) is 0.688. The van der Waals surface area contributed by atoms with Crippen LogP contribution in [0.3, 0.4) is 0 Å². The molecule has 0 spiro atoms. The second-order valence-electron chi connectivity index (χ2n) is 2.76. The molecule has 0 saturated heterocycles. The molecule has 0 N–H and O–H groups in total. The highest BCUT2D eigenvalue weighted by molar-refractivity contribution is 9.10. The lowest BCUT2D eigenvalue weighted by atomic mass is 10.5. The Morgan fingerprint density at radius 1 is 1.25 bits per heavy atom. The lowest BCUT2D eigenvalue weighted by Gasteiger charge is -1.96. The molecule has 2 aromatic rings. The summed E-state index contributed by atoms with van der Waals surface area (Å²) in [5.41, 5.74) is 1.95. The lowest BCUT2D eigenvalue weighted by Crippen LogP contribution is -1.91. The molecule has 0 bridgehead atoms. The fraction of sp³-hybridized carbons (Fsp3) is 0.250. The van der Waals surface area contributed by atoms with Crippen molar-refractivity contribution in [3.8, 4) is 0 Å². The summed E-state index contributed by atoms with van der Waals surface area (Å²) < 4.78 is 2.92. The summed E-state index contributed by atoms with van der Waals surface area (Å²) in [5.74, 6) is 0.758. The Morgan fingerprint density at radius 2 is 2.00 bits per heavy atom. The fourth-order valence-electron chi connectivity index (χ4n) is 1.10. The van der Waals surface area contributed by atoms with Crippen molar-refractivity contribution in [1.82, 2.24) is 14.4 Å². The van der Waals surface area contributed by atoms with E-state index in [0.717, 1.165) is 21.6 Å². The van der Waals surface area contributed by atoms with Gasteiger partial charge in [-0.1, -0.05) is 0 Å². The van der Waals surface area contributed by atoms with Crippen molar-refractivity contribution in [3.05, 3.63) is 28.3 Å². The van der Waals surface area contributed by atoms with E-state index in [-0.39, 0.29) is 0 Å². The Bertz CT molecular complexity index is 394. The molecule has 0 amide bonds. The first-order valence-electron chi connectivity index (χ1n) is 3.65. The number of fused-ring (bicyclic) bond motifs is 1. The summed E-state index contributed by atoms with van der Waals surface area (Å²) in [7, 11) is 0. The van der Waals surface area contributed by atoms with Gasteiger partial charge in [0.15, 0.2) is 0 Å². The van der Waals surface area contributed by atoms with Gasteiger partial charge in [0.2, 0.25) is 5.78 Å².